The first kappa shape index (κ1) is 17.5. The summed E-state index contributed by atoms with van der Waals surface area (Å²) in [4.78, 5) is 0. The van der Waals surface area contributed by atoms with Gasteiger partial charge in [0.05, 0.1) is 12.7 Å². The van der Waals surface area contributed by atoms with E-state index in [1.807, 2.05) is 26.8 Å². The van der Waals surface area contributed by atoms with E-state index < -0.39 is 5.54 Å². The van der Waals surface area contributed by atoms with E-state index in [4.69, 9.17) is 4.74 Å². The van der Waals surface area contributed by atoms with Gasteiger partial charge < -0.3 is 4.74 Å². The fraction of sp³-hybridized carbons (Fsp3) is 0.611. The van der Waals surface area contributed by atoms with Crippen molar-refractivity contribution < 1.29 is 4.74 Å². The first-order chi connectivity index (χ1) is 9.77. The van der Waals surface area contributed by atoms with Crippen LogP contribution in [0.4, 0.5) is 0 Å². The summed E-state index contributed by atoms with van der Waals surface area (Å²) < 4.78 is 5.81. The zero-order valence-corrected chi connectivity index (χ0v) is 14.2. The third kappa shape index (κ3) is 5.40. The van der Waals surface area contributed by atoms with E-state index in [1.165, 1.54) is 11.1 Å². The Labute approximate surface area is 129 Å². The lowest BCUT2D eigenvalue weighted by molar-refractivity contribution is 0.260. The lowest BCUT2D eigenvalue weighted by atomic mass is 9.98. The molecule has 1 rings (SSSR count). The molecule has 0 fully saturated rings. The number of hydrogen-bond donors (Lipinski definition) is 1. The van der Waals surface area contributed by atoms with Crippen LogP contribution in [0.5, 0.6) is 5.75 Å². The van der Waals surface area contributed by atoms with Crippen molar-refractivity contribution in [2.75, 3.05) is 6.61 Å². The van der Waals surface area contributed by atoms with Gasteiger partial charge in [0, 0.05) is 12.5 Å². The predicted molar refractivity (Wildman–Crippen MR) is 87.7 cm³/mol. The molecule has 0 heterocycles. The normalized spacial score (nSPS) is 14.0. The molecule has 0 spiro atoms. The van der Waals surface area contributed by atoms with Crippen LogP contribution in [0.1, 0.15) is 58.1 Å². The molecule has 0 aliphatic carbocycles. The molecular weight excluding hydrogens is 260 g/mol. The van der Waals surface area contributed by atoms with Gasteiger partial charge in [0.25, 0.3) is 0 Å². The van der Waals surface area contributed by atoms with Gasteiger partial charge in [-0.05, 0) is 56.9 Å². The average Bonchev–Trinajstić information content (AvgIpc) is 2.37. The third-order valence-corrected chi connectivity index (χ3v) is 3.59. The molecule has 1 aromatic carbocycles. The molecule has 0 bridgehead atoms. The van der Waals surface area contributed by atoms with E-state index in [9.17, 15) is 5.26 Å². The van der Waals surface area contributed by atoms with E-state index >= 15 is 0 Å². The second kappa shape index (κ2) is 7.47. The second-order valence-corrected chi connectivity index (χ2v) is 6.51. The number of nitrogens with zero attached hydrogens (tertiary/aromatic N) is 1. The van der Waals surface area contributed by atoms with Crippen LogP contribution in [0.2, 0.25) is 0 Å². The van der Waals surface area contributed by atoms with Crippen LogP contribution in [-0.2, 0) is 0 Å². The highest BCUT2D eigenvalue weighted by Crippen LogP contribution is 2.24. The third-order valence-electron chi connectivity index (χ3n) is 3.59. The van der Waals surface area contributed by atoms with Gasteiger partial charge in [-0.2, -0.15) is 5.26 Å². The minimum absolute atomic E-state index is 0.280. The van der Waals surface area contributed by atoms with E-state index in [-0.39, 0.29) is 6.04 Å². The monoisotopic (exact) mass is 288 g/mol. The summed E-state index contributed by atoms with van der Waals surface area (Å²) >= 11 is 0. The maximum absolute atomic E-state index is 9.30. The van der Waals surface area contributed by atoms with Crippen molar-refractivity contribution in [3.8, 4) is 11.8 Å². The highest BCUT2D eigenvalue weighted by atomic mass is 16.5. The molecular formula is C18H28N2O. The van der Waals surface area contributed by atoms with Crippen molar-refractivity contribution in [2.45, 2.75) is 65.5 Å². The van der Waals surface area contributed by atoms with Gasteiger partial charge in [0.15, 0.2) is 0 Å². The Bertz CT molecular complexity index is 502. The van der Waals surface area contributed by atoms with Gasteiger partial charge in [-0.3, -0.25) is 5.32 Å². The first-order valence-corrected chi connectivity index (χ1v) is 7.69. The second-order valence-electron chi connectivity index (χ2n) is 6.51. The fourth-order valence-corrected chi connectivity index (χ4v) is 2.56. The largest absolute Gasteiger partial charge is 0.493 e. The van der Waals surface area contributed by atoms with Gasteiger partial charge in [-0.15, -0.1) is 0 Å². The zero-order chi connectivity index (χ0) is 16.0. The van der Waals surface area contributed by atoms with E-state index in [1.54, 1.807) is 0 Å². The van der Waals surface area contributed by atoms with Gasteiger partial charge >= 0.3 is 0 Å². The van der Waals surface area contributed by atoms with Gasteiger partial charge in [0.2, 0.25) is 0 Å². The number of nitriles is 1. The predicted octanol–water partition coefficient (Wildman–Crippen LogP) is 4.17. The molecule has 0 aromatic heterocycles. The summed E-state index contributed by atoms with van der Waals surface area (Å²) in [6.45, 7) is 13.0. The maximum Gasteiger partial charge on any atom is 0.119 e. The van der Waals surface area contributed by atoms with Crippen LogP contribution in [0, 0.1) is 18.3 Å². The molecule has 0 aliphatic heterocycles. The number of rotatable bonds is 7. The molecule has 21 heavy (non-hydrogen) atoms. The molecule has 0 saturated carbocycles. The van der Waals surface area contributed by atoms with Crippen LogP contribution in [0.25, 0.3) is 0 Å². The molecule has 1 unspecified atom stereocenters. The van der Waals surface area contributed by atoms with Crippen LogP contribution in [-0.4, -0.2) is 18.2 Å². The average molecular weight is 288 g/mol. The highest BCUT2D eigenvalue weighted by Gasteiger charge is 2.24. The van der Waals surface area contributed by atoms with Gasteiger partial charge in [-0.1, -0.05) is 19.9 Å². The molecule has 0 amide bonds. The Hall–Kier alpha value is -1.53. The quantitative estimate of drug-likeness (QED) is 0.819. The Morgan fingerprint density at radius 3 is 2.43 bits per heavy atom. The minimum atomic E-state index is -0.541. The summed E-state index contributed by atoms with van der Waals surface area (Å²) in [6, 6.07) is 8.84. The summed E-state index contributed by atoms with van der Waals surface area (Å²) in [5, 5.41) is 12.6. The highest BCUT2D eigenvalue weighted by molar-refractivity contribution is 5.36. The van der Waals surface area contributed by atoms with Crippen molar-refractivity contribution in [3.63, 3.8) is 0 Å². The van der Waals surface area contributed by atoms with Crippen molar-refractivity contribution in [3.05, 3.63) is 29.3 Å². The Morgan fingerprint density at radius 1 is 1.29 bits per heavy atom. The Morgan fingerprint density at radius 2 is 1.95 bits per heavy atom. The molecule has 0 aliphatic rings. The summed E-state index contributed by atoms with van der Waals surface area (Å²) in [5.74, 6) is 1.40. The molecule has 1 N–H and O–H groups in total. The lowest BCUT2D eigenvalue weighted by Gasteiger charge is -2.25. The maximum atomic E-state index is 9.30. The standard InChI is InChI=1S/C18H28N2O/c1-13(2)17-8-7-16(11-15(17)5)21-10-9-18(6,12-19)20-14(3)4/h7-8,11,13-14,20H,9-10H2,1-6H3. The van der Waals surface area contributed by atoms with Gasteiger partial charge in [-0.25, -0.2) is 0 Å². The summed E-state index contributed by atoms with van der Waals surface area (Å²) in [7, 11) is 0. The van der Waals surface area contributed by atoms with Crippen LogP contribution in [0.3, 0.4) is 0 Å². The number of ether oxygens (including phenoxy) is 1. The number of hydrogen-bond acceptors (Lipinski definition) is 3. The van der Waals surface area contributed by atoms with E-state index in [0.717, 1.165) is 5.75 Å². The first-order valence-electron chi connectivity index (χ1n) is 7.69. The zero-order valence-electron chi connectivity index (χ0n) is 14.2. The van der Waals surface area contributed by atoms with Crippen LogP contribution < -0.4 is 10.1 Å². The van der Waals surface area contributed by atoms with Crippen molar-refractivity contribution in [1.29, 1.82) is 5.26 Å². The van der Waals surface area contributed by atoms with Crippen molar-refractivity contribution >= 4 is 0 Å². The Balaban J connectivity index is 2.60. The van der Waals surface area contributed by atoms with Crippen LogP contribution >= 0.6 is 0 Å². The van der Waals surface area contributed by atoms with Crippen molar-refractivity contribution in [1.82, 2.24) is 5.32 Å². The summed E-state index contributed by atoms with van der Waals surface area (Å²) in [6.07, 6.45) is 0.659. The molecule has 1 atom stereocenters. The molecule has 116 valence electrons. The molecule has 1 aromatic rings. The molecule has 0 radical (unpaired) electrons. The summed E-state index contributed by atoms with van der Waals surface area (Å²) in [5.41, 5.74) is 2.07. The van der Waals surface area contributed by atoms with Gasteiger partial charge in [0.1, 0.15) is 11.3 Å². The molecule has 3 heteroatoms. The van der Waals surface area contributed by atoms with Crippen molar-refractivity contribution in [2.24, 2.45) is 0 Å². The molecule has 3 nitrogen and oxygen atoms in total. The number of aryl methyl sites for hydroxylation is 1. The SMILES string of the molecule is Cc1cc(OCCC(C)(C#N)NC(C)C)ccc1C(C)C. The van der Waals surface area contributed by atoms with E-state index in [2.05, 4.69) is 44.3 Å². The fourth-order valence-electron chi connectivity index (χ4n) is 2.56. The minimum Gasteiger partial charge on any atom is -0.493 e. The smallest absolute Gasteiger partial charge is 0.119 e. The topological polar surface area (TPSA) is 45.0 Å². The van der Waals surface area contributed by atoms with Crippen LogP contribution in [0.15, 0.2) is 18.2 Å². The Kier molecular flexibility index (Phi) is 6.23. The number of nitrogens with one attached hydrogen (secondary N) is 1. The van der Waals surface area contributed by atoms with E-state index in [0.29, 0.717) is 18.9 Å². The molecule has 0 saturated heterocycles. The number of benzene rings is 1. The lowest BCUT2D eigenvalue weighted by Crippen LogP contribution is -2.45.